The van der Waals surface area contributed by atoms with E-state index in [4.69, 9.17) is 0 Å². The number of benzene rings is 1. The first-order valence-electron chi connectivity index (χ1n) is 9.96. The van der Waals surface area contributed by atoms with Gasteiger partial charge in [-0.2, -0.15) is 18.3 Å². The Bertz CT molecular complexity index is 1120. The predicted molar refractivity (Wildman–Crippen MR) is 109 cm³/mol. The summed E-state index contributed by atoms with van der Waals surface area (Å²) < 4.78 is 39.0. The molecule has 0 aliphatic heterocycles. The van der Waals surface area contributed by atoms with Crippen molar-refractivity contribution < 1.29 is 23.1 Å². The zero-order valence-electron chi connectivity index (χ0n) is 16.8. The zero-order valence-corrected chi connectivity index (χ0v) is 16.8. The molecule has 0 bridgehead atoms. The average molecular weight is 433 g/mol. The lowest BCUT2D eigenvalue weighted by Crippen LogP contribution is -2.26. The van der Waals surface area contributed by atoms with Gasteiger partial charge in [0, 0.05) is 23.7 Å². The molecule has 1 saturated carbocycles. The molecule has 164 valence electrons. The van der Waals surface area contributed by atoms with Gasteiger partial charge in [0.2, 0.25) is 0 Å². The van der Waals surface area contributed by atoms with Crippen molar-refractivity contribution in [3.05, 3.63) is 47.3 Å². The van der Waals surface area contributed by atoms with Crippen LogP contribution < -0.4 is 10.6 Å². The van der Waals surface area contributed by atoms with Gasteiger partial charge in [0.15, 0.2) is 5.65 Å². The number of hydrogen-bond donors (Lipinski definition) is 3. The first kappa shape index (κ1) is 21.1. The maximum absolute atomic E-state index is 12.5. The number of alkyl halides is 3. The monoisotopic (exact) mass is 433 g/mol. The fourth-order valence-corrected chi connectivity index (χ4v) is 3.33. The van der Waals surface area contributed by atoms with Crippen molar-refractivity contribution in [3.63, 3.8) is 0 Å². The van der Waals surface area contributed by atoms with E-state index in [0.29, 0.717) is 28.3 Å². The Morgan fingerprint density at radius 3 is 2.71 bits per heavy atom. The van der Waals surface area contributed by atoms with Crippen LogP contribution in [0.4, 0.5) is 18.9 Å². The number of aromatic nitrogens is 3. The molecule has 10 heteroatoms. The summed E-state index contributed by atoms with van der Waals surface area (Å²) in [7, 11) is 0. The quantitative estimate of drug-likeness (QED) is 0.531. The number of aliphatic hydroxyl groups is 1. The number of anilines is 1. The van der Waals surface area contributed by atoms with Crippen LogP contribution in [0.25, 0.3) is 16.9 Å². The van der Waals surface area contributed by atoms with E-state index in [1.165, 1.54) is 10.6 Å². The Labute approximate surface area is 176 Å². The third-order valence-corrected chi connectivity index (χ3v) is 5.08. The van der Waals surface area contributed by atoms with Crippen LogP contribution in [0.3, 0.4) is 0 Å². The van der Waals surface area contributed by atoms with Crippen molar-refractivity contribution >= 4 is 17.2 Å². The summed E-state index contributed by atoms with van der Waals surface area (Å²) in [6.07, 6.45) is -1.70. The molecular weight excluding hydrogens is 411 g/mol. The number of halogens is 3. The van der Waals surface area contributed by atoms with Crippen molar-refractivity contribution in [1.29, 1.82) is 0 Å². The van der Waals surface area contributed by atoms with Gasteiger partial charge in [-0.3, -0.25) is 4.79 Å². The van der Waals surface area contributed by atoms with E-state index in [1.54, 1.807) is 18.3 Å². The molecule has 1 fully saturated rings. The number of carbonyl (C=O) groups excluding carboxylic acids is 1. The summed E-state index contributed by atoms with van der Waals surface area (Å²) in [5.74, 6) is -0.110. The topological polar surface area (TPSA) is 91.6 Å². The zero-order chi connectivity index (χ0) is 22.2. The summed E-state index contributed by atoms with van der Waals surface area (Å²) in [6.45, 7) is 1.15. The third-order valence-electron chi connectivity index (χ3n) is 5.08. The predicted octanol–water partition coefficient (Wildman–Crippen LogP) is 3.45. The second-order valence-electron chi connectivity index (χ2n) is 7.66. The molecule has 3 aromatic rings. The lowest BCUT2D eigenvalue weighted by Gasteiger charge is -2.12. The molecule has 2 heterocycles. The van der Waals surface area contributed by atoms with Crippen LogP contribution in [0.1, 0.15) is 40.9 Å². The Morgan fingerprint density at radius 2 is 2.06 bits per heavy atom. The van der Waals surface area contributed by atoms with Crippen LogP contribution in [0.2, 0.25) is 0 Å². The molecule has 1 aliphatic rings. The van der Waals surface area contributed by atoms with E-state index < -0.39 is 12.6 Å². The average Bonchev–Trinajstić information content (AvgIpc) is 3.41. The maximum atomic E-state index is 12.5. The van der Waals surface area contributed by atoms with Gasteiger partial charge in [-0.15, -0.1) is 0 Å². The highest BCUT2D eigenvalue weighted by Gasteiger charge is 2.27. The molecule has 3 N–H and O–H groups in total. The minimum atomic E-state index is -4.28. The van der Waals surface area contributed by atoms with Crippen LogP contribution >= 0.6 is 0 Å². The first-order valence-corrected chi connectivity index (χ1v) is 9.96. The highest BCUT2D eigenvalue weighted by atomic mass is 19.4. The fraction of sp³-hybridized carbons (Fsp3) is 0.381. The Hall–Kier alpha value is -3.14. The molecule has 2 aromatic heterocycles. The smallest absolute Gasteiger partial charge is 0.390 e. The minimum absolute atomic E-state index is 0.110. The van der Waals surface area contributed by atoms with Crippen molar-refractivity contribution in [2.45, 2.75) is 45.0 Å². The molecule has 31 heavy (non-hydrogen) atoms. The summed E-state index contributed by atoms with van der Waals surface area (Å²) in [5.41, 5.74) is 3.71. The van der Waals surface area contributed by atoms with Gasteiger partial charge in [-0.1, -0.05) is 6.07 Å². The van der Waals surface area contributed by atoms with Gasteiger partial charge in [0.05, 0.1) is 36.3 Å². The SMILES string of the molecule is Cc1cc(-c2cnc3c(NCCC(F)(F)F)cc(CO)nn23)ccc1C(=O)NC1CC1. The second kappa shape index (κ2) is 8.18. The molecule has 4 rings (SSSR count). The van der Waals surface area contributed by atoms with Gasteiger partial charge in [-0.05, 0) is 43.5 Å². The maximum Gasteiger partial charge on any atom is 0.390 e. The number of aryl methyl sites for hydroxylation is 1. The van der Waals surface area contributed by atoms with Crippen molar-refractivity contribution in [1.82, 2.24) is 19.9 Å². The lowest BCUT2D eigenvalue weighted by molar-refractivity contribution is -0.131. The fourth-order valence-electron chi connectivity index (χ4n) is 3.33. The highest BCUT2D eigenvalue weighted by molar-refractivity contribution is 5.96. The number of rotatable bonds is 7. The number of aliphatic hydroxyl groups excluding tert-OH is 1. The lowest BCUT2D eigenvalue weighted by atomic mass is 10.0. The molecule has 7 nitrogen and oxygen atoms in total. The summed E-state index contributed by atoms with van der Waals surface area (Å²) in [4.78, 5) is 16.7. The highest BCUT2D eigenvalue weighted by Crippen LogP contribution is 2.28. The van der Waals surface area contributed by atoms with Gasteiger partial charge in [-0.25, -0.2) is 9.50 Å². The first-order chi connectivity index (χ1) is 14.7. The second-order valence-corrected chi connectivity index (χ2v) is 7.66. The molecule has 1 aromatic carbocycles. The largest absolute Gasteiger partial charge is 0.390 e. The van der Waals surface area contributed by atoms with E-state index in [2.05, 4.69) is 20.7 Å². The minimum Gasteiger partial charge on any atom is -0.390 e. The molecule has 0 unspecified atom stereocenters. The number of fused-ring (bicyclic) bond motifs is 1. The van der Waals surface area contributed by atoms with Crippen LogP contribution in [0, 0.1) is 6.92 Å². The molecular formula is C21H22F3N5O2. The number of nitrogens with zero attached hydrogens (tertiary/aromatic N) is 3. The van der Waals surface area contributed by atoms with E-state index in [1.807, 2.05) is 13.0 Å². The third kappa shape index (κ3) is 4.79. The van der Waals surface area contributed by atoms with Gasteiger partial charge in [0.25, 0.3) is 5.91 Å². The van der Waals surface area contributed by atoms with E-state index >= 15 is 0 Å². The molecule has 0 radical (unpaired) electrons. The normalized spacial score (nSPS) is 14.1. The van der Waals surface area contributed by atoms with Gasteiger partial charge in [0.1, 0.15) is 0 Å². The molecule has 1 amide bonds. The van der Waals surface area contributed by atoms with Crippen molar-refractivity contribution in [2.75, 3.05) is 11.9 Å². The van der Waals surface area contributed by atoms with Crippen LogP contribution in [0.5, 0.6) is 0 Å². The summed E-state index contributed by atoms with van der Waals surface area (Å²) in [6, 6.07) is 7.10. The van der Waals surface area contributed by atoms with Crippen molar-refractivity contribution in [2.24, 2.45) is 0 Å². The van der Waals surface area contributed by atoms with E-state index in [-0.39, 0.29) is 25.1 Å². The molecule has 0 atom stereocenters. The van der Waals surface area contributed by atoms with E-state index in [9.17, 15) is 23.1 Å². The van der Waals surface area contributed by atoms with Crippen LogP contribution in [-0.2, 0) is 6.61 Å². The molecule has 0 spiro atoms. The summed E-state index contributed by atoms with van der Waals surface area (Å²) in [5, 5.41) is 19.6. The Balaban J connectivity index is 1.65. The van der Waals surface area contributed by atoms with Gasteiger partial charge >= 0.3 is 6.18 Å². The Kier molecular flexibility index (Phi) is 5.57. The van der Waals surface area contributed by atoms with E-state index in [0.717, 1.165) is 24.0 Å². The van der Waals surface area contributed by atoms with Crippen LogP contribution in [-0.4, -0.2) is 44.4 Å². The van der Waals surface area contributed by atoms with Crippen molar-refractivity contribution in [3.8, 4) is 11.3 Å². The molecule has 0 saturated heterocycles. The Morgan fingerprint density at radius 1 is 1.29 bits per heavy atom. The molecule has 1 aliphatic carbocycles. The number of imidazole rings is 1. The van der Waals surface area contributed by atoms with Gasteiger partial charge < -0.3 is 15.7 Å². The number of hydrogen-bond acceptors (Lipinski definition) is 5. The number of nitrogens with one attached hydrogen (secondary N) is 2. The number of amides is 1. The summed E-state index contributed by atoms with van der Waals surface area (Å²) >= 11 is 0. The number of carbonyl (C=O) groups is 1. The van der Waals surface area contributed by atoms with Crippen LogP contribution in [0.15, 0.2) is 30.5 Å². The standard InChI is InChI=1S/C21H22F3N5O2/c1-12-8-13(2-5-16(12)20(31)27-14-3-4-14)18-10-26-19-17(25-7-6-21(22,23)24)9-15(11-30)28-29(18)19/h2,5,8-10,14,25,30H,3-4,6-7,11H2,1H3,(H,27,31).